The maximum absolute atomic E-state index is 13.4. The number of carbonyl (C=O) groups is 4. The number of nitrogens with two attached hydrogens (primary N) is 1. The van der Waals surface area contributed by atoms with Crippen molar-refractivity contribution in [3.05, 3.63) is 76.3 Å². The lowest BCUT2D eigenvalue weighted by molar-refractivity contribution is -0.126. The van der Waals surface area contributed by atoms with Crippen LogP contribution in [0.15, 0.2) is 70.0 Å². The van der Waals surface area contributed by atoms with Crippen LogP contribution in [-0.2, 0) is 9.59 Å². The summed E-state index contributed by atoms with van der Waals surface area (Å²) in [5.74, 6) is -6.97. The minimum absolute atomic E-state index is 0.0345. The molecule has 11 heteroatoms. The fraction of sp³-hybridized carbons (Fsp3) is 0.231. The highest BCUT2D eigenvalue weighted by atomic mass is 32.2. The van der Waals surface area contributed by atoms with Crippen molar-refractivity contribution in [2.75, 3.05) is 7.11 Å². The van der Waals surface area contributed by atoms with Crippen molar-refractivity contribution in [1.29, 1.82) is 0 Å². The highest BCUT2D eigenvalue weighted by molar-refractivity contribution is 8.00. The number of ether oxygens (including phenoxy) is 1. The first-order valence-corrected chi connectivity index (χ1v) is 12.2. The van der Waals surface area contributed by atoms with Crippen LogP contribution in [0.2, 0.25) is 0 Å². The molecule has 37 heavy (non-hydrogen) atoms. The number of phenolic OH excluding ortho intramolecular Hbond substituents is 1. The van der Waals surface area contributed by atoms with E-state index < -0.39 is 63.6 Å². The number of aliphatic hydroxyl groups is 2. The van der Waals surface area contributed by atoms with Gasteiger partial charge in [0, 0.05) is 27.7 Å². The second-order valence-electron chi connectivity index (χ2n) is 8.94. The summed E-state index contributed by atoms with van der Waals surface area (Å²) in [6.45, 7) is 0. The third-order valence-corrected chi connectivity index (χ3v) is 8.20. The molecule has 0 bridgehead atoms. The maximum atomic E-state index is 13.4. The van der Waals surface area contributed by atoms with Gasteiger partial charge in [0.25, 0.3) is 11.8 Å². The number of rotatable bonds is 4. The van der Waals surface area contributed by atoms with Crippen molar-refractivity contribution in [1.82, 2.24) is 5.32 Å². The van der Waals surface area contributed by atoms with Crippen molar-refractivity contribution >= 4 is 35.1 Å². The second kappa shape index (κ2) is 9.00. The van der Waals surface area contributed by atoms with Crippen LogP contribution >= 0.6 is 11.8 Å². The maximum Gasteiger partial charge on any atom is 0.255 e. The zero-order valence-electron chi connectivity index (χ0n) is 19.4. The van der Waals surface area contributed by atoms with E-state index in [4.69, 9.17) is 10.5 Å². The van der Waals surface area contributed by atoms with E-state index in [1.54, 1.807) is 36.4 Å². The van der Waals surface area contributed by atoms with Gasteiger partial charge in [0.15, 0.2) is 11.6 Å². The standard InChI is InChI=1S/C26H22N2O8S/c1-36-11-7-13(29)17-14(8-11)37-15-9-12-16(21(30)18(15)23(17)32)22(31)19(25(27)34)24(33)20(12)28-26(35)10-5-3-2-4-6-10/h2-8,12,15-16,20,29-30,33H,9H2,1H3,(H2,27,34)(H,28,35). The van der Waals surface area contributed by atoms with Gasteiger partial charge in [0.2, 0.25) is 0 Å². The fourth-order valence-electron chi connectivity index (χ4n) is 5.23. The number of phenols is 1. The quantitative estimate of drug-likeness (QED) is 0.377. The molecule has 2 aromatic rings. The Balaban J connectivity index is 1.61. The number of methoxy groups -OCH3 is 1. The first-order valence-electron chi connectivity index (χ1n) is 11.3. The number of hydrogen-bond acceptors (Lipinski definition) is 9. The molecule has 0 aromatic heterocycles. The number of aromatic hydroxyl groups is 1. The molecule has 0 fully saturated rings. The monoisotopic (exact) mass is 522 g/mol. The second-order valence-corrected chi connectivity index (χ2v) is 10.2. The number of nitrogens with one attached hydrogen (secondary N) is 1. The number of benzene rings is 2. The Morgan fingerprint density at radius 3 is 2.43 bits per heavy atom. The van der Waals surface area contributed by atoms with Crippen LogP contribution in [0.1, 0.15) is 27.1 Å². The molecule has 2 amide bonds. The third-order valence-electron chi connectivity index (χ3n) is 6.92. The molecular formula is C26H22N2O8S. The van der Waals surface area contributed by atoms with Crippen LogP contribution < -0.4 is 15.8 Å². The van der Waals surface area contributed by atoms with Gasteiger partial charge >= 0.3 is 0 Å². The van der Waals surface area contributed by atoms with Crippen LogP contribution in [-0.4, -0.2) is 57.1 Å². The van der Waals surface area contributed by atoms with Gasteiger partial charge in [0.05, 0.1) is 30.2 Å². The largest absolute Gasteiger partial charge is 0.511 e. The summed E-state index contributed by atoms with van der Waals surface area (Å²) in [6, 6.07) is 9.76. The molecule has 0 spiro atoms. The Bertz CT molecular complexity index is 1430. The summed E-state index contributed by atoms with van der Waals surface area (Å²) in [5, 5.41) is 34.7. The topological polar surface area (TPSA) is 176 Å². The fourth-order valence-corrected chi connectivity index (χ4v) is 6.70. The molecule has 2 aliphatic carbocycles. The van der Waals surface area contributed by atoms with E-state index in [1.165, 1.54) is 24.9 Å². The Kier molecular flexibility index (Phi) is 5.95. The third kappa shape index (κ3) is 3.82. The molecular weight excluding hydrogens is 500 g/mol. The van der Waals surface area contributed by atoms with E-state index in [2.05, 4.69) is 5.32 Å². The van der Waals surface area contributed by atoms with Gasteiger partial charge in [-0.1, -0.05) is 18.2 Å². The number of aliphatic hydroxyl groups excluding tert-OH is 2. The molecule has 1 heterocycles. The summed E-state index contributed by atoms with van der Waals surface area (Å²) in [5.41, 5.74) is 4.81. The van der Waals surface area contributed by atoms with Crippen LogP contribution in [0.4, 0.5) is 0 Å². The summed E-state index contributed by atoms with van der Waals surface area (Å²) in [4.78, 5) is 52.2. The smallest absolute Gasteiger partial charge is 0.255 e. The van der Waals surface area contributed by atoms with Gasteiger partial charge in [-0.25, -0.2) is 0 Å². The molecule has 1 aliphatic heterocycles. The number of hydrogen-bond donors (Lipinski definition) is 5. The van der Waals surface area contributed by atoms with Crippen molar-refractivity contribution in [2.45, 2.75) is 22.6 Å². The molecule has 190 valence electrons. The SMILES string of the molecule is COc1cc(O)c2c(c1)SC1CC3C(NC(=O)c4ccccc4)C(O)=C(C(N)=O)C(=O)C3C(O)=C1C2=O. The number of carbonyl (C=O) groups excluding carboxylic acids is 4. The average molecular weight is 523 g/mol. The normalized spacial score (nSPS) is 24.7. The molecule has 5 rings (SSSR count). The Labute approximate surface area is 214 Å². The summed E-state index contributed by atoms with van der Waals surface area (Å²) in [7, 11) is 1.41. The number of fused-ring (bicyclic) bond motifs is 3. The Morgan fingerprint density at radius 1 is 1.08 bits per heavy atom. The van der Waals surface area contributed by atoms with Crippen LogP contribution in [0.3, 0.4) is 0 Å². The number of primary amides is 1. The Hall–Kier alpha value is -4.25. The van der Waals surface area contributed by atoms with Crippen molar-refractivity contribution in [2.24, 2.45) is 17.6 Å². The lowest BCUT2D eigenvalue weighted by Gasteiger charge is -2.44. The lowest BCUT2D eigenvalue weighted by atomic mass is 9.66. The zero-order chi connectivity index (χ0) is 26.6. The van der Waals surface area contributed by atoms with Gasteiger partial charge in [-0.2, -0.15) is 0 Å². The molecule has 10 nitrogen and oxygen atoms in total. The van der Waals surface area contributed by atoms with Crippen molar-refractivity contribution in [3.8, 4) is 11.5 Å². The van der Waals surface area contributed by atoms with Crippen LogP contribution in [0.5, 0.6) is 11.5 Å². The predicted octanol–water partition coefficient (Wildman–Crippen LogP) is 2.18. The van der Waals surface area contributed by atoms with E-state index in [1.807, 2.05) is 0 Å². The highest BCUT2D eigenvalue weighted by Crippen LogP contribution is 2.52. The summed E-state index contributed by atoms with van der Waals surface area (Å²) < 4.78 is 5.18. The summed E-state index contributed by atoms with van der Waals surface area (Å²) in [6.07, 6.45) is 0.0828. The number of amides is 2. The number of allylic oxidation sites excluding steroid dienone is 1. The molecule has 3 aliphatic rings. The van der Waals surface area contributed by atoms with Crippen molar-refractivity contribution < 1.29 is 39.2 Å². The molecule has 6 N–H and O–H groups in total. The zero-order valence-corrected chi connectivity index (χ0v) is 20.2. The summed E-state index contributed by atoms with van der Waals surface area (Å²) >= 11 is 1.18. The molecule has 4 unspecified atom stereocenters. The van der Waals surface area contributed by atoms with Crippen molar-refractivity contribution in [3.63, 3.8) is 0 Å². The predicted molar refractivity (Wildman–Crippen MR) is 131 cm³/mol. The minimum atomic E-state index is -1.41. The molecule has 0 radical (unpaired) electrons. The average Bonchev–Trinajstić information content (AvgIpc) is 2.85. The van der Waals surface area contributed by atoms with Gasteiger partial charge in [-0.3, -0.25) is 19.2 Å². The van der Waals surface area contributed by atoms with Gasteiger partial charge < -0.3 is 31.1 Å². The number of thioether (sulfide) groups is 1. The lowest BCUT2D eigenvalue weighted by Crippen LogP contribution is -2.55. The van der Waals surface area contributed by atoms with Crippen LogP contribution in [0, 0.1) is 11.8 Å². The minimum Gasteiger partial charge on any atom is -0.511 e. The first kappa shape index (κ1) is 24.4. The number of ketones is 2. The number of Topliss-reactive ketones (excluding diaryl/α,β-unsaturated/α-hetero) is 2. The van der Waals surface area contributed by atoms with Gasteiger partial charge in [0.1, 0.15) is 28.6 Å². The van der Waals surface area contributed by atoms with Crippen LogP contribution in [0.25, 0.3) is 0 Å². The molecule has 0 saturated carbocycles. The molecule has 4 atom stereocenters. The van der Waals surface area contributed by atoms with E-state index in [0.29, 0.717) is 10.6 Å². The molecule has 2 aromatic carbocycles. The van der Waals surface area contributed by atoms with E-state index in [-0.39, 0.29) is 28.9 Å². The molecule has 0 saturated heterocycles. The van der Waals surface area contributed by atoms with E-state index in [0.717, 1.165) is 0 Å². The van der Waals surface area contributed by atoms with E-state index in [9.17, 15) is 34.5 Å². The first-order chi connectivity index (χ1) is 17.6. The Morgan fingerprint density at radius 2 is 1.78 bits per heavy atom. The highest BCUT2D eigenvalue weighted by Gasteiger charge is 2.54. The van der Waals surface area contributed by atoms with Gasteiger partial charge in [-0.05, 0) is 24.6 Å². The van der Waals surface area contributed by atoms with E-state index >= 15 is 0 Å². The van der Waals surface area contributed by atoms with Gasteiger partial charge in [-0.15, -0.1) is 11.8 Å².